The molecule has 0 saturated carbocycles. The molecule has 0 aliphatic rings. The molecule has 0 heterocycles. The predicted molar refractivity (Wildman–Crippen MR) is 52.4 cm³/mol. The highest BCUT2D eigenvalue weighted by Crippen LogP contribution is 2.20. The Balaban J connectivity index is 3.03. The van der Waals surface area contributed by atoms with Crippen LogP contribution in [0.3, 0.4) is 0 Å². The van der Waals surface area contributed by atoms with Crippen LogP contribution in [0.25, 0.3) is 6.08 Å². The molecule has 0 atom stereocenters. The van der Waals surface area contributed by atoms with Crippen LogP contribution in [0.15, 0.2) is 24.8 Å². The molecule has 0 spiro atoms. The minimum atomic E-state index is 0.699. The molecular weight excluding hydrogens is 148 g/mol. The van der Waals surface area contributed by atoms with E-state index >= 15 is 0 Å². The number of aryl methyl sites for hydroxylation is 1. The molecule has 0 aliphatic heterocycles. The number of benzene rings is 1. The summed E-state index contributed by atoms with van der Waals surface area (Å²) < 4.78 is 5.44. The van der Waals surface area contributed by atoms with Gasteiger partial charge in [0, 0.05) is 5.56 Å². The number of ether oxygens (including phenoxy) is 1. The van der Waals surface area contributed by atoms with E-state index in [1.54, 1.807) is 0 Å². The zero-order valence-electron chi connectivity index (χ0n) is 7.63. The van der Waals surface area contributed by atoms with Crippen molar-refractivity contribution in [2.24, 2.45) is 0 Å². The van der Waals surface area contributed by atoms with Crippen molar-refractivity contribution in [3.8, 4) is 5.75 Å². The summed E-state index contributed by atoms with van der Waals surface area (Å²) in [4.78, 5) is 0. The molecular formula is C11H14O. The fourth-order valence-electron chi connectivity index (χ4n) is 1.09. The molecule has 0 bridgehead atoms. The van der Waals surface area contributed by atoms with Crippen LogP contribution >= 0.6 is 0 Å². The molecule has 12 heavy (non-hydrogen) atoms. The predicted octanol–water partition coefficient (Wildman–Crippen LogP) is 3.04. The zero-order chi connectivity index (χ0) is 8.97. The Labute approximate surface area is 73.7 Å². The van der Waals surface area contributed by atoms with Crippen molar-refractivity contribution >= 4 is 6.08 Å². The third kappa shape index (κ3) is 1.88. The average molecular weight is 162 g/mol. The molecule has 1 aromatic rings. The van der Waals surface area contributed by atoms with Crippen molar-refractivity contribution in [3.63, 3.8) is 0 Å². The van der Waals surface area contributed by atoms with E-state index in [0.29, 0.717) is 6.61 Å². The molecule has 0 aromatic heterocycles. The Morgan fingerprint density at radius 2 is 2.25 bits per heavy atom. The normalized spacial score (nSPS) is 9.50. The summed E-state index contributed by atoms with van der Waals surface area (Å²) in [6.07, 6.45) is 1.81. The van der Waals surface area contributed by atoms with Gasteiger partial charge >= 0.3 is 0 Å². The second kappa shape index (κ2) is 3.96. The molecule has 0 radical (unpaired) electrons. The maximum atomic E-state index is 5.44. The van der Waals surface area contributed by atoms with Gasteiger partial charge in [-0.05, 0) is 25.5 Å². The SMILES string of the molecule is C=Cc1ccc(C)cc1OCC. The van der Waals surface area contributed by atoms with Gasteiger partial charge < -0.3 is 4.74 Å². The van der Waals surface area contributed by atoms with Crippen LogP contribution in [-0.4, -0.2) is 6.61 Å². The lowest BCUT2D eigenvalue weighted by atomic mass is 10.1. The Kier molecular flexibility index (Phi) is 2.92. The molecule has 0 unspecified atom stereocenters. The molecule has 1 heteroatoms. The smallest absolute Gasteiger partial charge is 0.126 e. The lowest BCUT2D eigenvalue weighted by Crippen LogP contribution is -1.93. The van der Waals surface area contributed by atoms with Crippen molar-refractivity contribution < 1.29 is 4.74 Å². The second-order valence-corrected chi connectivity index (χ2v) is 2.68. The first-order chi connectivity index (χ1) is 5.77. The molecule has 0 aliphatic carbocycles. The maximum absolute atomic E-state index is 5.44. The van der Waals surface area contributed by atoms with E-state index in [1.165, 1.54) is 5.56 Å². The largest absolute Gasteiger partial charge is 0.493 e. The maximum Gasteiger partial charge on any atom is 0.126 e. The van der Waals surface area contributed by atoms with Crippen LogP contribution < -0.4 is 4.74 Å². The Hall–Kier alpha value is -1.24. The highest BCUT2D eigenvalue weighted by Gasteiger charge is 1.98. The van der Waals surface area contributed by atoms with Crippen LogP contribution in [0.2, 0.25) is 0 Å². The van der Waals surface area contributed by atoms with Gasteiger partial charge in [-0.3, -0.25) is 0 Å². The Bertz CT molecular complexity index is 276. The van der Waals surface area contributed by atoms with E-state index in [1.807, 2.05) is 25.1 Å². The van der Waals surface area contributed by atoms with Gasteiger partial charge in [0.25, 0.3) is 0 Å². The highest BCUT2D eigenvalue weighted by atomic mass is 16.5. The summed E-state index contributed by atoms with van der Waals surface area (Å²) in [7, 11) is 0. The first kappa shape index (κ1) is 8.85. The van der Waals surface area contributed by atoms with Crippen molar-refractivity contribution in [3.05, 3.63) is 35.9 Å². The summed E-state index contributed by atoms with van der Waals surface area (Å²) in [5, 5.41) is 0. The van der Waals surface area contributed by atoms with E-state index < -0.39 is 0 Å². The number of hydrogen-bond donors (Lipinski definition) is 0. The molecule has 0 saturated heterocycles. The fourth-order valence-corrected chi connectivity index (χ4v) is 1.09. The van der Waals surface area contributed by atoms with E-state index in [4.69, 9.17) is 4.74 Å². The summed E-state index contributed by atoms with van der Waals surface area (Å²) in [5.41, 5.74) is 2.27. The third-order valence-corrected chi connectivity index (χ3v) is 1.69. The first-order valence-electron chi connectivity index (χ1n) is 4.13. The van der Waals surface area contributed by atoms with Gasteiger partial charge in [0.1, 0.15) is 5.75 Å². The third-order valence-electron chi connectivity index (χ3n) is 1.69. The van der Waals surface area contributed by atoms with Crippen molar-refractivity contribution in [1.82, 2.24) is 0 Å². The van der Waals surface area contributed by atoms with Crippen LogP contribution in [0.4, 0.5) is 0 Å². The first-order valence-corrected chi connectivity index (χ1v) is 4.13. The van der Waals surface area contributed by atoms with Gasteiger partial charge in [-0.25, -0.2) is 0 Å². The second-order valence-electron chi connectivity index (χ2n) is 2.68. The minimum absolute atomic E-state index is 0.699. The number of hydrogen-bond acceptors (Lipinski definition) is 1. The summed E-state index contributed by atoms with van der Waals surface area (Å²) in [5.74, 6) is 0.924. The molecule has 0 N–H and O–H groups in total. The summed E-state index contributed by atoms with van der Waals surface area (Å²) in [6.45, 7) is 8.45. The molecule has 0 fully saturated rings. The lowest BCUT2D eigenvalue weighted by Gasteiger charge is -2.07. The van der Waals surface area contributed by atoms with E-state index in [9.17, 15) is 0 Å². The molecule has 1 rings (SSSR count). The van der Waals surface area contributed by atoms with Crippen molar-refractivity contribution in [2.75, 3.05) is 6.61 Å². The van der Waals surface area contributed by atoms with Gasteiger partial charge in [0.05, 0.1) is 6.61 Å². The van der Waals surface area contributed by atoms with Crippen molar-refractivity contribution in [2.45, 2.75) is 13.8 Å². The van der Waals surface area contributed by atoms with Crippen LogP contribution in [0.5, 0.6) is 5.75 Å². The van der Waals surface area contributed by atoms with Crippen LogP contribution in [0.1, 0.15) is 18.1 Å². The van der Waals surface area contributed by atoms with Gasteiger partial charge in [0.2, 0.25) is 0 Å². The fraction of sp³-hybridized carbons (Fsp3) is 0.273. The monoisotopic (exact) mass is 162 g/mol. The minimum Gasteiger partial charge on any atom is -0.493 e. The van der Waals surface area contributed by atoms with Gasteiger partial charge in [-0.1, -0.05) is 24.8 Å². The van der Waals surface area contributed by atoms with Crippen LogP contribution in [-0.2, 0) is 0 Å². The van der Waals surface area contributed by atoms with E-state index in [-0.39, 0.29) is 0 Å². The van der Waals surface area contributed by atoms with Crippen molar-refractivity contribution in [1.29, 1.82) is 0 Å². The molecule has 1 aromatic carbocycles. The van der Waals surface area contributed by atoms with E-state index in [2.05, 4.69) is 19.6 Å². The van der Waals surface area contributed by atoms with E-state index in [0.717, 1.165) is 11.3 Å². The lowest BCUT2D eigenvalue weighted by molar-refractivity contribution is 0.339. The Morgan fingerprint density at radius 1 is 1.50 bits per heavy atom. The quantitative estimate of drug-likeness (QED) is 0.663. The molecule has 1 nitrogen and oxygen atoms in total. The van der Waals surface area contributed by atoms with Crippen LogP contribution in [0, 0.1) is 6.92 Å². The highest BCUT2D eigenvalue weighted by molar-refractivity contribution is 5.56. The summed E-state index contributed by atoms with van der Waals surface area (Å²) in [6, 6.07) is 6.10. The van der Waals surface area contributed by atoms with Gasteiger partial charge in [-0.15, -0.1) is 0 Å². The summed E-state index contributed by atoms with van der Waals surface area (Å²) >= 11 is 0. The average Bonchev–Trinajstić information content (AvgIpc) is 2.05. The van der Waals surface area contributed by atoms with Gasteiger partial charge in [0.15, 0.2) is 0 Å². The standard InChI is InChI=1S/C11H14O/c1-4-10-7-6-9(3)8-11(10)12-5-2/h4,6-8H,1,5H2,2-3H3. The number of rotatable bonds is 3. The molecule has 0 amide bonds. The molecule has 64 valence electrons. The Morgan fingerprint density at radius 3 is 2.83 bits per heavy atom. The topological polar surface area (TPSA) is 9.23 Å². The van der Waals surface area contributed by atoms with Gasteiger partial charge in [-0.2, -0.15) is 0 Å². The zero-order valence-corrected chi connectivity index (χ0v) is 7.63.